The number of Topliss-reactive ketones (excluding diaryl/α,β-unsaturated/α-hetero) is 1. The van der Waals surface area contributed by atoms with Gasteiger partial charge in [0, 0.05) is 48.8 Å². The van der Waals surface area contributed by atoms with Gasteiger partial charge in [0.05, 0.1) is 26.2 Å². The molecule has 0 saturated carbocycles. The molecule has 30 heavy (non-hydrogen) atoms. The Hall–Kier alpha value is -2.98. The molecule has 1 unspecified atom stereocenters. The first-order valence-corrected chi connectivity index (χ1v) is 10.2. The first kappa shape index (κ1) is 20.3. The lowest BCUT2D eigenvalue weighted by molar-refractivity contribution is -0.119. The molecule has 2 aliphatic heterocycles. The molecule has 1 aromatic carbocycles. The fourth-order valence-electron chi connectivity index (χ4n) is 4.55. The first-order valence-electron chi connectivity index (χ1n) is 10.2. The molecule has 0 bridgehead atoms. The van der Waals surface area contributed by atoms with Crippen LogP contribution < -0.4 is 15.4 Å². The van der Waals surface area contributed by atoms with Gasteiger partial charge in [0.2, 0.25) is 5.88 Å². The predicted octanol–water partition coefficient (Wildman–Crippen LogP) is 2.98. The molecule has 2 N–H and O–H groups in total. The van der Waals surface area contributed by atoms with Crippen LogP contribution in [0.25, 0.3) is 0 Å². The number of morpholine rings is 1. The number of carbonyl (C=O) groups excluding carboxylic acids is 1. The van der Waals surface area contributed by atoms with E-state index < -0.39 is 5.92 Å². The van der Waals surface area contributed by atoms with Crippen molar-refractivity contribution >= 4 is 11.5 Å². The average molecular weight is 409 g/mol. The van der Waals surface area contributed by atoms with Crippen LogP contribution in [0.1, 0.15) is 38.2 Å². The molecular weight excluding hydrogens is 382 g/mol. The Morgan fingerprint density at radius 3 is 2.67 bits per heavy atom. The van der Waals surface area contributed by atoms with Gasteiger partial charge in [-0.3, -0.25) is 4.79 Å². The third-order valence-electron chi connectivity index (χ3n) is 5.98. The summed E-state index contributed by atoms with van der Waals surface area (Å²) in [6.45, 7) is 7.04. The second-order valence-electron chi connectivity index (χ2n) is 8.73. The van der Waals surface area contributed by atoms with Gasteiger partial charge < -0.3 is 24.8 Å². The van der Waals surface area contributed by atoms with Gasteiger partial charge in [-0.1, -0.05) is 19.9 Å². The number of ketones is 1. The number of nitrogens with two attached hydrogens (primary N) is 1. The second-order valence-corrected chi connectivity index (χ2v) is 8.73. The van der Waals surface area contributed by atoms with E-state index in [1.807, 2.05) is 32.0 Å². The highest BCUT2D eigenvalue weighted by Crippen LogP contribution is 2.49. The van der Waals surface area contributed by atoms with Gasteiger partial charge in [0.1, 0.15) is 23.2 Å². The smallest absolute Gasteiger partial charge is 0.205 e. The van der Waals surface area contributed by atoms with Crippen LogP contribution in [-0.2, 0) is 14.3 Å². The number of hydrogen-bond donors (Lipinski definition) is 1. The molecule has 1 atom stereocenters. The van der Waals surface area contributed by atoms with Crippen molar-refractivity contribution in [2.75, 3.05) is 38.3 Å². The number of hydrogen-bond acceptors (Lipinski definition) is 7. The number of allylic oxidation sites excluding steroid dienone is 3. The molecule has 0 spiro atoms. The maximum absolute atomic E-state index is 13.1. The molecule has 1 saturated heterocycles. The summed E-state index contributed by atoms with van der Waals surface area (Å²) in [5.74, 6) is 0.654. The molecule has 7 heteroatoms. The molecule has 0 amide bonds. The zero-order valence-electron chi connectivity index (χ0n) is 17.7. The number of anilines is 1. The van der Waals surface area contributed by atoms with E-state index in [0.29, 0.717) is 43.1 Å². The minimum Gasteiger partial charge on any atom is -0.496 e. The number of methoxy groups -OCH3 is 1. The van der Waals surface area contributed by atoms with E-state index in [1.165, 1.54) is 0 Å². The van der Waals surface area contributed by atoms with Crippen molar-refractivity contribution in [1.29, 1.82) is 5.26 Å². The van der Waals surface area contributed by atoms with E-state index in [-0.39, 0.29) is 22.7 Å². The first-order chi connectivity index (χ1) is 14.3. The van der Waals surface area contributed by atoms with Crippen molar-refractivity contribution in [3.63, 3.8) is 0 Å². The summed E-state index contributed by atoms with van der Waals surface area (Å²) in [7, 11) is 1.60. The maximum Gasteiger partial charge on any atom is 0.205 e. The number of carbonyl (C=O) groups is 1. The zero-order chi connectivity index (χ0) is 21.5. The zero-order valence-corrected chi connectivity index (χ0v) is 17.7. The summed E-state index contributed by atoms with van der Waals surface area (Å²) in [6, 6.07) is 8.06. The number of benzene rings is 1. The molecule has 1 aromatic rings. The van der Waals surface area contributed by atoms with E-state index in [1.54, 1.807) is 7.11 Å². The number of ether oxygens (including phenoxy) is 3. The van der Waals surface area contributed by atoms with Crippen molar-refractivity contribution in [2.45, 2.75) is 32.6 Å². The number of rotatable bonds is 3. The van der Waals surface area contributed by atoms with Gasteiger partial charge in [-0.05, 0) is 11.5 Å². The summed E-state index contributed by atoms with van der Waals surface area (Å²) in [5.41, 5.74) is 8.45. The Morgan fingerprint density at radius 1 is 1.27 bits per heavy atom. The minimum atomic E-state index is -0.587. The van der Waals surface area contributed by atoms with Crippen LogP contribution in [0.3, 0.4) is 0 Å². The van der Waals surface area contributed by atoms with Gasteiger partial charge in [-0.2, -0.15) is 5.26 Å². The van der Waals surface area contributed by atoms with Crippen LogP contribution in [0.4, 0.5) is 5.69 Å². The number of nitrogens with zero attached hydrogens (tertiary/aromatic N) is 2. The maximum atomic E-state index is 13.1. The Balaban J connectivity index is 1.81. The Labute approximate surface area is 176 Å². The Kier molecular flexibility index (Phi) is 5.20. The highest BCUT2D eigenvalue weighted by atomic mass is 16.5. The molecule has 0 aromatic heterocycles. The van der Waals surface area contributed by atoms with Gasteiger partial charge in [0.25, 0.3) is 0 Å². The van der Waals surface area contributed by atoms with Crippen molar-refractivity contribution < 1.29 is 19.0 Å². The summed E-state index contributed by atoms with van der Waals surface area (Å²) < 4.78 is 16.9. The quantitative estimate of drug-likeness (QED) is 0.819. The van der Waals surface area contributed by atoms with Crippen LogP contribution >= 0.6 is 0 Å². The van der Waals surface area contributed by atoms with E-state index in [2.05, 4.69) is 11.0 Å². The lowest BCUT2D eigenvalue weighted by atomic mass is 9.70. The second kappa shape index (κ2) is 7.69. The monoisotopic (exact) mass is 409 g/mol. The lowest BCUT2D eigenvalue weighted by Crippen LogP contribution is -2.36. The minimum absolute atomic E-state index is 0.00851. The Morgan fingerprint density at radius 2 is 2.00 bits per heavy atom. The van der Waals surface area contributed by atoms with E-state index in [4.69, 9.17) is 19.9 Å². The van der Waals surface area contributed by atoms with E-state index >= 15 is 0 Å². The summed E-state index contributed by atoms with van der Waals surface area (Å²) >= 11 is 0. The Bertz CT molecular complexity index is 981. The summed E-state index contributed by atoms with van der Waals surface area (Å²) in [6.07, 6.45) is 0.997. The number of nitriles is 1. The van der Waals surface area contributed by atoms with Gasteiger partial charge in [-0.15, -0.1) is 0 Å². The SMILES string of the molecule is COc1cc(N2CCOCC2)ccc1C1C(C#N)=C(N)OC2=C1C(=O)CC(C)(C)C2. The lowest BCUT2D eigenvalue weighted by Gasteiger charge is -2.37. The fourth-order valence-corrected chi connectivity index (χ4v) is 4.55. The van der Waals surface area contributed by atoms with Gasteiger partial charge in [-0.25, -0.2) is 0 Å². The van der Waals surface area contributed by atoms with Gasteiger partial charge >= 0.3 is 0 Å². The molecule has 4 rings (SSSR count). The van der Waals surface area contributed by atoms with Gasteiger partial charge in [0.15, 0.2) is 5.78 Å². The third-order valence-corrected chi connectivity index (χ3v) is 5.98. The topological polar surface area (TPSA) is 97.8 Å². The molecule has 7 nitrogen and oxygen atoms in total. The molecule has 3 aliphatic rings. The predicted molar refractivity (Wildman–Crippen MR) is 112 cm³/mol. The molecule has 0 radical (unpaired) electrons. The highest BCUT2D eigenvalue weighted by Gasteiger charge is 2.43. The molecular formula is C23H27N3O4. The molecule has 1 aliphatic carbocycles. The third kappa shape index (κ3) is 3.52. The van der Waals surface area contributed by atoms with E-state index in [9.17, 15) is 10.1 Å². The van der Waals surface area contributed by atoms with Crippen LogP contribution in [0, 0.1) is 16.7 Å². The van der Waals surface area contributed by atoms with Crippen LogP contribution in [0.5, 0.6) is 5.75 Å². The van der Waals surface area contributed by atoms with Crippen LogP contribution in [0.2, 0.25) is 0 Å². The van der Waals surface area contributed by atoms with Crippen molar-refractivity contribution in [3.05, 3.63) is 46.6 Å². The molecule has 158 valence electrons. The van der Waals surface area contributed by atoms with Crippen LogP contribution in [-0.4, -0.2) is 39.2 Å². The largest absolute Gasteiger partial charge is 0.496 e. The van der Waals surface area contributed by atoms with Crippen LogP contribution in [0.15, 0.2) is 41.0 Å². The molecule has 2 heterocycles. The average Bonchev–Trinajstić information content (AvgIpc) is 2.72. The van der Waals surface area contributed by atoms with Crippen molar-refractivity contribution in [1.82, 2.24) is 0 Å². The highest BCUT2D eigenvalue weighted by molar-refractivity contribution is 6.00. The fraction of sp³-hybridized carbons (Fsp3) is 0.478. The molecule has 1 fully saturated rings. The van der Waals surface area contributed by atoms with E-state index in [0.717, 1.165) is 24.3 Å². The summed E-state index contributed by atoms with van der Waals surface area (Å²) in [4.78, 5) is 15.4. The summed E-state index contributed by atoms with van der Waals surface area (Å²) in [5, 5.41) is 9.83. The van der Waals surface area contributed by atoms with Crippen molar-refractivity contribution in [3.8, 4) is 11.8 Å². The normalized spacial score (nSPS) is 23.6. The van der Waals surface area contributed by atoms with Crippen molar-refractivity contribution in [2.24, 2.45) is 11.1 Å². The standard InChI is InChI=1S/C23H27N3O4/c1-23(2)11-17(27)21-19(12-23)30-22(25)16(13-24)20(21)15-5-4-14(10-18(15)28-3)26-6-8-29-9-7-26/h4-5,10,20H,6-9,11-12,25H2,1-3H3.